The average Bonchev–Trinajstić information content (AvgIpc) is 2.93. The zero-order valence-electron chi connectivity index (χ0n) is 13.1. The summed E-state index contributed by atoms with van der Waals surface area (Å²) < 4.78 is 28.4. The highest BCUT2D eigenvalue weighted by atomic mass is 32.2. The van der Waals surface area contributed by atoms with Gasteiger partial charge in [-0.2, -0.15) is 5.10 Å². The summed E-state index contributed by atoms with van der Waals surface area (Å²) in [5, 5.41) is 7.35. The first-order chi connectivity index (χ1) is 10.1. The Morgan fingerprint density at radius 3 is 2.62 bits per heavy atom. The predicted molar refractivity (Wildman–Crippen MR) is 84.7 cm³/mol. The molecule has 1 heterocycles. The van der Waals surface area contributed by atoms with Gasteiger partial charge in [0.15, 0.2) is 0 Å². The van der Waals surface area contributed by atoms with Crippen molar-refractivity contribution >= 4 is 10.0 Å². The van der Waals surface area contributed by atoms with Gasteiger partial charge >= 0.3 is 0 Å². The molecule has 0 amide bonds. The Kier molecular flexibility index (Phi) is 8.56. The van der Waals surface area contributed by atoms with Gasteiger partial charge in [-0.3, -0.25) is 4.68 Å². The second-order valence-corrected chi connectivity index (χ2v) is 6.91. The third-order valence-corrected chi connectivity index (χ3v) is 4.60. The highest BCUT2D eigenvalue weighted by Crippen LogP contribution is 2.07. The molecule has 0 atom stereocenters. The Bertz CT molecular complexity index is 485. The van der Waals surface area contributed by atoms with Crippen LogP contribution in [0.15, 0.2) is 17.3 Å². The number of nitrogens with zero attached hydrogens (tertiary/aromatic N) is 2. The molecule has 1 aromatic rings. The summed E-state index contributed by atoms with van der Waals surface area (Å²) in [5.74, 6) is 0. The normalized spacial score (nSPS) is 11.9. The summed E-state index contributed by atoms with van der Waals surface area (Å²) in [5.41, 5.74) is 0. The Labute approximate surface area is 128 Å². The van der Waals surface area contributed by atoms with Gasteiger partial charge in [0.05, 0.1) is 12.7 Å². The monoisotopic (exact) mass is 316 g/mol. The third-order valence-electron chi connectivity index (χ3n) is 3.19. The van der Waals surface area contributed by atoms with Gasteiger partial charge in [-0.05, 0) is 19.4 Å². The Balaban J connectivity index is 2.39. The van der Waals surface area contributed by atoms with Gasteiger partial charge in [-0.25, -0.2) is 13.1 Å². The largest absolute Gasteiger partial charge is 0.315 e. The maximum Gasteiger partial charge on any atom is 0.243 e. The maximum atomic E-state index is 12.1. The van der Waals surface area contributed by atoms with E-state index < -0.39 is 10.0 Å². The van der Waals surface area contributed by atoms with Gasteiger partial charge in [0.2, 0.25) is 10.0 Å². The van der Waals surface area contributed by atoms with Crippen LogP contribution in [-0.2, 0) is 16.6 Å². The molecule has 0 fully saturated rings. The highest BCUT2D eigenvalue weighted by molar-refractivity contribution is 7.89. The molecule has 6 nitrogen and oxygen atoms in total. The lowest BCUT2D eigenvalue weighted by atomic mass is 10.2. The number of hydrogen-bond acceptors (Lipinski definition) is 4. The van der Waals surface area contributed by atoms with Gasteiger partial charge < -0.3 is 5.32 Å². The molecule has 21 heavy (non-hydrogen) atoms. The van der Waals surface area contributed by atoms with Crippen LogP contribution in [0.2, 0.25) is 0 Å². The fraction of sp³-hybridized carbons (Fsp3) is 0.786. The highest BCUT2D eigenvalue weighted by Gasteiger charge is 2.15. The van der Waals surface area contributed by atoms with E-state index in [1.807, 2.05) is 0 Å². The molecule has 2 N–H and O–H groups in total. The fourth-order valence-electron chi connectivity index (χ4n) is 1.94. The fourth-order valence-corrected chi connectivity index (χ4v) is 2.97. The number of sulfonamides is 1. The topological polar surface area (TPSA) is 76.0 Å². The van der Waals surface area contributed by atoms with Crippen LogP contribution in [0.4, 0.5) is 0 Å². The van der Waals surface area contributed by atoms with Gasteiger partial charge in [-0.15, -0.1) is 0 Å². The molecule has 0 unspecified atom stereocenters. The Hall–Kier alpha value is -0.920. The molecular formula is C14H28N4O2S. The molecule has 0 aliphatic heterocycles. The molecular weight excluding hydrogens is 288 g/mol. The van der Waals surface area contributed by atoms with Crippen molar-refractivity contribution in [2.75, 3.05) is 19.6 Å². The minimum atomic E-state index is -3.42. The van der Waals surface area contributed by atoms with Crippen molar-refractivity contribution in [3.63, 3.8) is 0 Å². The minimum absolute atomic E-state index is 0.244. The number of aromatic nitrogens is 2. The molecule has 0 aliphatic carbocycles. The van der Waals surface area contributed by atoms with E-state index in [-0.39, 0.29) is 4.90 Å². The molecule has 0 aliphatic rings. The van der Waals surface area contributed by atoms with E-state index in [9.17, 15) is 8.42 Å². The van der Waals surface area contributed by atoms with E-state index in [1.165, 1.54) is 6.20 Å². The first kappa shape index (κ1) is 18.1. The molecule has 122 valence electrons. The molecule has 7 heteroatoms. The molecule has 0 bridgehead atoms. The quantitative estimate of drug-likeness (QED) is 0.576. The molecule has 1 aromatic heterocycles. The van der Waals surface area contributed by atoms with E-state index in [0.717, 1.165) is 45.2 Å². The van der Waals surface area contributed by atoms with Crippen LogP contribution in [0.3, 0.4) is 0 Å². The molecule has 0 aromatic carbocycles. The average molecular weight is 316 g/mol. The van der Waals surface area contributed by atoms with Gasteiger partial charge in [0, 0.05) is 19.3 Å². The first-order valence-corrected chi connectivity index (χ1v) is 9.31. The summed E-state index contributed by atoms with van der Waals surface area (Å²) in [6, 6.07) is 0. The van der Waals surface area contributed by atoms with Crippen molar-refractivity contribution in [3.8, 4) is 0 Å². The maximum absolute atomic E-state index is 12.1. The van der Waals surface area contributed by atoms with E-state index >= 15 is 0 Å². The standard InChI is InChI=1S/C14H28N4O2S/c1-3-5-6-7-9-17-21(19,20)14-12-16-18(13-14)11-10-15-8-4-2/h12-13,15,17H,3-11H2,1-2H3. The molecule has 0 radical (unpaired) electrons. The summed E-state index contributed by atoms with van der Waals surface area (Å²) in [6.45, 7) is 7.16. The zero-order valence-corrected chi connectivity index (χ0v) is 14.0. The van der Waals surface area contributed by atoms with Gasteiger partial charge in [0.25, 0.3) is 0 Å². The lowest BCUT2D eigenvalue weighted by Gasteiger charge is -2.04. The van der Waals surface area contributed by atoms with E-state index in [1.54, 1.807) is 10.9 Å². The molecule has 0 saturated carbocycles. The SMILES string of the molecule is CCCCCCNS(=O)(=O)c1cnn(CCNCCC)c1. The van der Waals surface area contributed by atoms with E-state index in [4.69, 9.17) is 0 Å². The summed E-state index contributed by atoms with van der Waals surface area (Å²) in [7, 11) is -3.42. The minimum Gasteiger partial charge on any atom is -0.315 e. The van der Waals surface area contributed by atoms with Crippen molar-refractivity contribution in [1.82, 2.24) is 19.8 Å². The second-order valence-electron chi connectivity index (χ2n) is 5.15. The van der Waals surface area contributed by atoms with Crippen molar-refractivity contribution < 1.29 is 8.42 Å². The summed E-state index contributed by atoms with van der Waals surface area (Å²) in [6.07, 6.45) is 8.30. The molecule has 0 spiro atoms. The lowest BCUT2D eigenvalue weighted by molar-refractivity contribution is 0.551. The van der Waals surface area contributed by atoms with Crippen LogP contribution in [-0.4, -0.2) is 37.8 Å². The van der Waals surface area contributed by atoms with Crippen LogP contribution in [0.5, 0.6) is 0 Å². The van der Waals surface area contributed by atoms with Crippen LogP contribution in [0, 0.1) is 0 Å². The summed E-state index contributed by atoms with van der Waals surface area (Å²) in [4.78, 5) is 0.244. The van der Waals surface area contributed by atoms with E-state index in [2.05, 4.69) is 29.0 Å². The Morgan fingerprint density at radius 2 is 1.90 bits per heavy atom. The summed E-state index contributed by atoms with van der Waals surface area (Å²) >= 11 is 0. The predicted octanol–water partition coefficient (Wildman–Crippen LogP) is 1.74. The smallest absolute Gasteiger partial charge is 0.243 e. The lowest BCUT2D eigenvalue weighted by Crippen LogP contribution is -2.24. The number of rotatable bonds is 12. The molecule has 1 rings (SSSR count). The number of nitrogens with one attached hydrogen (secondary N) is 2. The van der Waals surface area contributed by atoms with Crippen LogP contribution < -0.4 is 10.0 Å². The van der Waals surface area contributed by atoms with Crippen molar-refractivity contribution in [2.45, 2.75) is 57.4 Å². The van der Waals surface area contributed by atoms with Crippen LogP contribution in [0.25, 0.3) is 0 Å². The molecule has 0 saturated heterocycles. The van der Waals surface area contributed by atoms with Gasteiger partial charge in [0.1, 0.15) is 4.90 Å². The van der Waals surface area contributed by atoms with Crippen LogP contribution >= 0.6 is 0 Å². The van der Waals surface area contributed by atoms with E-state index in [0.29, 0.717) is 13.1 Å². The van der Waals surface area contributed by atoms with Crippen molar-refractivity contribution in [3.05, 3.63) is 12.4 Å². The van der Waals surface area contributed by atoms with Crippen molar-refractivity contribution in [1.29, 1.82) is 0 Å². The third kappa shape index (κ3) is 7.06. The number of unbranched alkanes of at least 4 members (excludes halogenated alkanes) is 3. The first-order valence-electron chi connectivity index (χ1n) is 7.83. The second kappa shape index (κ2) is 9.92. The van der Waals surface area contributed by atoms with Crippen LogP contribution in [0.1, 0.15) is 46.0 Å². The number of hydrogen-bond donors (Lipinski definition) is 2. The zero-order chi connectivity index (χ0) is 15.6. The Morgan fingerprint density at radius 1 is 1.10 bits per heavy atom. The van der Waals surface area contributed by atoms with Gasteiger partial charge in [-0.1, -0.05) is 33.1 Å². The van der Waals surface area contributed by atoms with Crippen molar-refractivity contribution in [2.24, 2.45) is 0 Å².